The molecule has 2 aromatic carbocycles. The minimum Gasteiger partial charge on any atom is -0.507 e. The van der Waals surface area contributed by atoms with E-state index in [0.29, 0.717) is 12.6 Å². The van der Waals surface area contributed by atoms with Crippen molar-refractivity contribution < 1.29 is 23.5 Å². The molecule has 0 radical (unpaired) electrons. The molecule has 0 aliphatic heterocycles. The molecule has 0 spiro atoms. The van der Waals surface area contributed by atoms with E-state index in [0.717, 1.165) is 20.8 Å². The summed E-state index contributed by atoms with van der Waals surface area (Å²) in [6, 6.07) is 10.2. The van der Waals surface area contributed by atoms with Gasteiger partial charge in [0.1, 0.15) is 17.4 Å². The average Bonchev–Trinajstić information content (AvgIpc) is 3.05. The number of benzene rings is 2. The maximum Gasteiger partial charge on any atom is 0.257 e. The third-order valence-corrected chi connectivity index (χ3v) is 5.59. The van der Waals surface area contributed by atoms with Crippen LogP contribution in [-0.2, 0) is 6.54 Å². The highest BCUT2D eigenvalue weighted by atomic mass is 79.9. The molecule has 2 N–H and O–H groups in total. The Morgan fingerprint density at radius 2 is 1.79 bits per heavy atom. The van der Waals surface area contributed by atoms with E-state index in [1.807, 2.05) is 12.1 Å². The summed E-state index contributed by atoms with van der Waals surface area (Å²) in [5, 5.41) is 12.7. The van der Waals surface area contributed by atoms with Crippen molar-refractivity contribution in [3.05, 3.63) is 80.0 Å². The van der Waals surface area contributed by atoms with Gasteiger partial charge in [0.2, 0.25) is 0 Å². The minimum atomic E-state index is -0.875. The van der Waals surface area contributed by atoms with Gasteiger partial charge in [0.05, 0.1) is 15.9 Å². The average molecular weight is 481 g/mol. The van der Waals surface area contributed by atoms with Crippen molar-refractivity contribution in [3.63, 3.8) is 0 Å². The van der Waals surface area contributed by atoms with Gasteiger partial charge >= 0.3 is 0 Å². The topological polar surface area (TPSA) is 69.6 Å². The van der Waals surface area contributed by atoms with Crippen LogP contribution >= 0.6 is 27.3 Å². The quantitative estimate of drug-likeness (QED) is 0.538. The summed E-state index contributed by atoms with van der Waals surface area (Å²) in [6.45, 7) is 0.373. The van der Waals surface area contributed by atoms with Crippen molar-refractivity contribution in [1.82, 2.24) is 4.90 Å². The van der Waals surface area contributed by atoms with E-state index in [1.165, 1.54) is 34.4 Å². The monoisotopic (exact) mass is 480 g/mol. The van der Waals surface area contributed by atoms with Crippen LogP contribution in [0.1, 0.15) is 25.6 Å². The lowest BCUT2D eigenvalue weighted by molar-refractivity contribution is 0.0783. The molecule has 1 aromatic heterocycles. The number of aromatic hydroxyl groups is 1. The maximum atomic E-state index is 13.3. The largest absolute Gasteiger partial charge is 0.507 e. The van der Waals surface area contributed by atoms with Gasteiger partial charge in [-0.25, -0.2) is 8.78 Å². The van der Waals surface area contributed by atoms with Crippen molar-refractivity contribution >= 4 is 44.8 Å². The Bertz CT molecular complexity index is 1070. The van der Waals surface area contributed by atoms with E-state index in [1.54, 1.807) is 7.05 Å². The van der Waals surface area contributed by atoms with Crippen molar-refractivity contribution in [3.8, 4) is 5.75 Å². The number of carbonyl (C=O) groups excluding carboxylic acids is 2. The Hall–Kier alpha value is -2.78. The summed E-state index contributed by atoms with van der Waals surface area (Å²) in [6.07, 6.45) is 0. The molecule has 0 saturated heterocycles. The fraction of sp³-hybridized carbons (Fsp3) is 0.100. The third kappa shape index (κ3) is 5.18. The van der Waals surface area contributed by atoms with Crippen molar-refractivity contribution in [2.24, 2.45) is 0 Å². The molecule has 3 aromatic rings. The number of phenolic OH excluding ortho intramolecular Hbond substituents is 1. The van der Waals surface area contributed by atoms with Crippen LogP contribution < -0.4 is 5.32 Å². The van der Waals surface area contributed by atoms with Crippen LogP contribution in [0.4, 0.5) is 14.5 Å². The van der Waals surface area contributed by atoms with E-state index in [-0.39, 0.29) is 22.6 Å². The molecule has 2 amide bonds. The molecule has 5 nitrogen and oxygen atoms in total. The highest BCUT2D eigenvalue weighted by Crippen LogP contribution is 2.26. The normalized spacial score (nSPS) is 10.6. The van der Waals surface area contributed by atoms with Crippen LogP contribution in [-0.4, -0.2) is 28.9 Å². The summed E-state index contributed by atoms with van der Waals surface area (Å²) >= 11 is 4.87. The van der Waals surface area contributed by atoms with Crippen LogP contribution in [0.2, 0.25) is 0 Å². The highest BCUT2D eigenvalue weighted by Gasteiger charge is 2.18. The fourth-order valence-electron chi connectivity index (χ4n) is 2.63. The van der Waals surface area contributed by atoms with Gasteiger partial charge in [-0.05, 0) is 52.3 Å². The number of rotatable bonds is 5. The number of carbonyl (C=O) groups is 2. The Balaban J connectivity index is 1.72. The molecular formula is C20H15BrF2N2O3S. The van der Waals surface area contributed by atoms with Crippen LogP contribution in [0, 0.1) is 11.6 Å². The third-order valence-electron chi connectivity index (χ3n) is 3.98. The summed E-state index contributed by atoms with van der Waals surface area (Å²) in [4.78, 5) is 27.2. The van der Waals surface area contributed by atoms with E-state index in [2.05, 4.69) is 21.2 Å². The van der Waals surface area contributed by atoms with Gasteiger partial charge in [-0.1, -0.05) is 0 Å². The van der Waals surface area contributed by atoms with Gasteiger partial charge in [-0.15, -0.1) is 11.3 Å². The number of hydrogen-bond donors (Lipinski definition) is 2. The zero-order valence-electron chi connectivity index (χ0n) is 15.1. The van der Waals surface area contributed by atoms with Gasteiger partial charge in [-0.2, -0.15) is 0 Å². The predicted octanol–water partition coefficient (Wildman–Crippen LogP) is 5.02. The van der Waals surface area contributed by atoms with Gasteiger partial charge in [0.15, 0.2) is 0 Å². The first-order valence-corrected chi connectivity index (χ1v) is 9.94. The van der Waals surface area contributed by atoms with Crippen LogP contribution in [0.3, 0.4) is 0 Å². The summed E-state index contributed by atoms with van der Waals surface area (Å²) in [7, 11) is 1.61. The van der Waals surface area contributed by atoms with Gasteiger partial charge in [-0.3, -0.25) is 9.59 Å². The fourth-order valence-corrected chi connectivity index (χ4v) is 4.16. The van der Waals surface area contributed by atoms with Gasteiger partial charge in [0.25, 0.3) is 11.8 Å². The lowest BCUT2D eigenvalue weighted by Crippen LogP contribution is -2.26. The first kappa shape index (κ1) is 20.9. The molecule has 3 rings (SSSR count). The van der Waals surface area contributed by atoms with Gasteiger partial charge in [0, 0.05) is 35.3 Å². The van der Waals surface area contributed by atoms with Gasteiger partial charge < -0.3 is 15.3 Å². The lowest BCUT2D eigenvalue weighted by Gasteiger charge is -2.17. The van der Waals surface area contributed by atoms with E-state index in [9.17, 15) is 23.5 Å². The number of hydrogen-bond acceptors (Lipinski definition) is 4. The first-order valence-electron chi connectivity index (χ1n) is 8.33. The zero-order valence-corrected chi connectivity index (χ0v) is 17.5. The summed E-state index contributed by atoms with van der Waals surface area (Å²) < 4.78 is 27.5. The number of anilines is 1. The molecule has 0 saturated carbocycles. The summed E-state index contributed by atoms with van der Waals surface area (Å²) in [5.74, 6) is -3.21. The highest BCUT2D eigenvalue weighted by molar-refractivity contribution is 9.11. The number of halogens is 3. The van der Waals surface area contributed by atoms with E-state index < -0.39 is 23.4 Å². The molecule has 9 heteroatoms. The molecule has 0 aliphatic rings. The number of thiophene rings is 1. The SMILES string of the molecule is CN(Cc1ccc(Br)s1)C(=O)c1ccc(NC(=O)c2cc(F)cc(F)c2)cc1O. The Morgan fingerprint density at radius 1 is 1.10 bits per heavy atom. The van der Waals surface area contributed by atoms with E-state index >= 15 is 0 Å². The maximum absolute atomic E-state index is 13.3. The number of nitrogens with zero attached hydrogens (tertiary/aromatic N) is 1. The smallest absolute Gasteiger partial charge is 0.257 e. The predicted molar refractivity (Wildman–Crippen MR) is 110 cm³/mol. The molecule has 0 fully saturated rings. The molecule has 0 unspecified atom stereocenters. The van der Waals surface area contributed by atoms with Crippen LogP contribution in [0.25, 0.3) is 0 Å². The van der Waals surface area contributed by atoms with Crippen LogP contribution in [0.5, 0.6) is 5.75 Å². The number of phenols is 1. The second-order valence-corrected chi connectivity index (χ2v) is 8.76. The van der Waals surface area contributed by atoms with E-state index in [4.69, 9.17) is 0 Å². The molecule has 150 valence electrons. The standard InChI is InChI=1S/C20H15BrF2N2O3S/c1-25(10-15-3-5-18(21)29-15)20(28)16-4-2-14(9-17(16)26)24-19(27)11-6-12(22)8-13(23)7-11/h2-9,26H,10H2,1H3,(H,24,27). The number of nitrogens with one attached hydrogen (secondary N) is 1. The lowest BCUT2D eigenvalue weighted by atomic mass is 10.1. The molecular weight excluding hydrogens is 466 g/mol. The van der Waals surface area contributed by atoms with Crippen LogP contribution in [0.15, 0.2) is 52.3 Å². The molecule has 29 heavy (non-hydrogen) atoms. The van der Waals surface area contributed by atoms with Crippen molar-refractivity contribution in [2.45, 2.75) is 6.54 Å². The second kappa shape index (κ2) is 8.71. The molecule has 1 heterocycles. The first-order chi connectivity index (χ1) is 13.7. The molecule has 0 bridgehead atoms. The van der Waals surface area contributed by atoms with Crippen molar-refractivity contribution in [1.29, 1.82) is 0 Å². The number of amides is 2. The molecule has 0 atom stereocenters. The second-order valence-electron chi connectivity index (χ2n) is 6.21. The Morgan fingerprint density at radius 3 is 2.38 bits per heavy atom. The minimum absolute atomic E-state index is 0.0675. The Kier molecular flexibility index (Phi) is 6.29. The Labute approximate surface area is 177 Å². The zero-order chi connectivity index (χ0) is 21.1. The van der Waals surface area contributed by atoms with Crippen molar-refractivity contribution in [2.75, 3.05) is 12.4 Å². The molecule has 0 aliphatic carbocycles. The summed E-state index contributed by atoms with van der Waals surface area (Å²) in [5.41, 5.74) is 0.0421.